The number of para-hydroxylation sites is 1. The highest BCUT2D eigenvalue weighted by Crippen LogP contribution is 2.50. The molecule has 1 aliphatic carbocycles. The Balaban J connectivity index is 1.16. The molecule has 0 atom stereocenters. The van der Waals surface area contributed by atoms with Gasteiger partial charge in [-0.1, -0.05) is 111 Å². The van der Waals surface area contributed by atoms with Crippen LogP contribution in [0.25, 0.3) is 44.9 Å². The van der Waals surface area contributed by atoms with Gasteiger partial charge in [0.2, 0.25) is 0 Å². The van der Waals surface area contributed by atoms with Crippen molar-refractivity contribution in [1.82, 2.24) is 4.57 Å². The van der Waals surface area contributed by atoms with Gasteiger partial charge in [-0.05, 0) is 112 Å². The van der Waals surface area contributed by atoms with Crippen LogP contribution in [0.3, 0.4) is 0 Å². The van der Waals surface area contributed by atoms with E-state index >= 15 is 0 Å². The van der Waals surface area contributed by atoms with Gasteiger partial charge in [-0.3, -0.25) is 0 Å². The summed E-state index contributed by atoms with van der Waals surface area (Å²) in [6.07, 6.45) is 6.37. The molecular weight excluding hydrogens is 556 g/mol. The summed E-state index contributed by atoms with van der Waals surface area (Å²) in [5, 5.41) is 1.25. The van der Waals surface area contributed by atoms with Crippen LogP contribution in [0.15, 0.2) is 158 Å². The van der Waals surface area contributed by atoms with Gasteiger partial charge in [0.05, 0.1) is 5.52 Å². The Morgan fingerprint density at radius 2 is 1.17 bits per heavy atom. The van der Waals surface area contributed by atoms with E-state index in [1.807, 2.05) is 0 Å². The molecule has 6 aromatic carbocycles. The number of nitrogens with zero attached hydrogens (tertiary/aromatic N) is 2. The third-order valence-corrected chi connectivity index (χ3v) is 9.54. The summed E-state index contributed by atoms with van der Waals surface area (Å²) in [7, 11) is 0. The van der Waals surface area contributed by atoms with E-state index < -0.39 is 0 Å². The van der Waals surface area contributed by atoms with Crippen molar-refractivity contribution in [3.63, 3.8) is 0 Å². The van der Waals surface area contributed by atoms with Gasteiger partial charge in [0.15, 0.2) is 0 Å². The van der Waals surface area contributed by atoms with E-state index in [2.05, 4.69) is 194 Å². The Morgan fingerprint density at radius 1 is 0.565 bits per heavy atom. The van der Waals surface area contributed by atoms with Gasteiger partial charge in [-0.15, -0.1) is 0 Å². The highest BCUT2D eigenvalue weighted by Gasteiger charge is 2.35. The summed E-state index contributed by atoms with van der Waals surface area (Å²) in [6.45, 7) is 6.75. The van der Waals surface area contributed by atoms with Crippen LogP contribution in [0.1, 0.15) is 37.5 Å². The van der Waals surface area contributed by atoms with E-state index in [0.717, 1.165) is 22.7 Å². The molecule has 0 N–H and O–H groups in total. The number of rotatable bonds is 6. The first-order valence-electron chi connectivity index (χ1n) is 16.1. The Labute approximate surface area is 271 Å². The summed E-state index contributed by atoms with van der Waals surface area (Å²) >= 11 is 0. The molecule has 0 aliphatic heterocycles. The summed E-state index contributed by atoms with van der Waals surface area (Å²) in [6, 6.07) is 53.1. The number of allylic oxidation sites excluding steroid dienone is 1. The Hall–Kier alpha value is -5.60. The van der Waals surface area contributed by atoms with Gasteiger partial charge in [-0.25, -0.2) is 0 Å². The number of hydrogen-bond donors (Lipinski definition) is 0. The van der Waals surface area contributed by atoms with Crippen LogP contribution in [-0.2, 0) is 5.41 Å². The molecule has 0 saturated carbocycles. The number of fused-ring (bicyclic) bond motifs is 4. The van der Waals surface area contributed by atoms with Crippen molar-refractivity contribution in [3.8, 4) is 27.9 Å². The minimum absolute atomic E-state index is 0.0632. The molecule has 1 aromatic heterocycles. The monoisotopic (exact) mass is 592 g/mol. The molecule has 0 unspecified atom stereocenters. The molecule has 0 radical (unpaired) electrons. The maximum atomic E-state index is 2.40. The summed E-state index contributed by atoms with van der Waals surface area (Å²) in [4.78, 5) is 2.38. The third kappa shape index (κ3) is 4.66. The molecule has 0 amide bonds. The van der Waals surface area contributed by atoms with Crippen molar-refractivity contribution in [2.45, 2.75) is 26.2 Å². The zero-order valence-electron chi connectivity index (χ0n) is 26.5. The minimum atomic E-state index is -0.0632. The van der Waals surface area contributed by atoms with Crippen molar-refractivity contribution in [1.29, 1.82) is 0 Å². The fourth-order valence-electron chi connectivity index (χ4n) is 7.13. The van der Waals surface area contributed by atoms with Crippen LogP contribution < -0.4 is 4.90 Å². The highest BCUT2D eigenvalue weighted by molar-refractivity contribution is 5.86. The standard InChI is InChI=1S/C44H36N2/c1-4-9-31-14-20-36(21-15-31)46(38-26-27-40-39-11-6-7-12-41(39)44(2,3)42(40)30-38)37-24-18-33(19-25-37)32-16-22-35(23-17-32)45-29-28-34-10-5-8-13-43(34)45/h4-30H,1-3H3. The predicted molar refractivity (Wildman–Crippen MR) is 196 cm³/mol. The van der Waals surface area contributed by atoms with Crippen LogP contribution in [0.4, 0.5) is 17.1 Å². The molecule has 1 aliphatic rings. The highest BCUT2D eigenvalue weighted by atomic mass is 15.1. The van der Waals surface area contributed by atoms with Crippen molar-refractivity contribution in [2.24, 2.45) is 0 Å². The van der Waals surface area contributed by atoms with E-state index in [4.69, 9.17) is 0 Å². The second kappa shape index (κ2) is 11.1. The smallest absolute Gasteiger partial charge is 0.0528 e. The maximum absolute atomic E-state index is 2.40. The van der Waals surface area contributed by atoms with Gasteiger partial charge in [0.25, 0.3) is 0 Å². The van der Waals surface area contributed by atoms with Crippen LogP contribution in [0.5, 0.6) is 0 Å². The third-order valence-electron chi connectivity index (χ3n) is 9.54. The Morgan fingerprint density at radius 3 is 1.91 bits per heavy atom. The van der Waals surface area contributed by atoms with Gasteiger partial charge in [0, 0.05) is 34.4 Å². The van der Waals surface area contributed by atoms with Gasteiger partial charge in [0.1, 0.15) is 0 Å². The summed E-state index contributed by atoms with van der Waals surface area (Å²) in [5.41, 5.74) is 14.8. The molecule has 8 rings (SSSR count). The lowest BCUT2D eigenvalue weighted by Gasteiger charge is -2.28. The molecule has 1 heterocycles. The first kappa shape index (κ1) is 27.9. The summed E-state index contributed by atoms with van der Waals surface area (Å²) < 4.78 is 2.25. The molecule has 7 aromatic rings. The number of hydrogen-bond acceptors (Lipinski definition) is 1. The zero-order chi connectivity index (χ0) is 31.3. The van der Waals surface area contributed by atoms with E-state index in [-0.39, 0.29) is 5.41 Å². The lowest BCUT2D eigenvalue weighted by Crippen LogP contribution is -2.16. The molecule has 0 bridgehead atoms. The van der Waals surface area contributed by atoms with Crippen LogP contribution in [-0.4, -0.2) is 4.57 Å². The quantitative estimate of drug-likeness (QED) is 0.186. The molecule has 0 spiro atoms. The number of anilines is 3. The van der Waals surface area contributed by atoms with Crippen molar-refractivity contribution >= 4 is 34.0 Å². The van der Waals surface area contributed by atoms with Gasteiger partial charge >= 0.3 is 0 Å². The van der Waals surface area contributed by atoms with Gasteiger partial charge in [-0.2, -0.15) is 0 Å². The fourth-order valence-corrected chi connectivity index (χ4v) is 7.13. The summed E-state index contributed by atoms with van der Waals surface area (Å²) in [5.74, 6) is 0. The molecule has 2 nitrogen and oxygen atoms in total. The molecule has 46 heavy (non-hydrogen) atoms. The Bertz CT molecular complexity index is 2210. The average Bonchev–Trinajstić information content (AvgIpc) is 3.63. The first-order valence-corrected chi connectivity index (χ1v) is 16.1. The van der Waals surface area contributed by atoms with Crippen LogP contribution in [0.2, 0.25) is 0 Å². The average molecular weight is 593 g/mol. The lowest BCUT2D eigenvalue weighted by atomic mass is 9.82. The molecule has 0 saturated heterocycles. The van der Waals surface area contributed by atoms with Crippen molar-refractivity contribution in [3.05, 3.63) is 175 Å². The largest absolute Gasteiger partial charge is 0.317 e. The zero-order valence-corrected chi connectivity index (χ0v) is 26.5. The number of aromatic nitrogens is 1. The van der Waals surface area contributed by atoms with E-state index in [0.29, 0.717) is 0 Å². The lowest BCUT2D eigenvalue weighted by molar-refractivity contribution is 0.660. The fraction of sp³-hybridized carbons (Fsp3) is 0.0909. The van der Waals surface area contributed by atoms with Crippen LogP contribution >= 0.6 is 0 Å². The minimum Gasteiger partial charge on any atom is -0.317 e. The van der Waals surface area contributed by atoms with E-state index in [1.54, 1.807) is 0 Å². The second-order valence-electron chi connectivity index (χ2n) is 12.7. The number of benzene rings is 6. The van der Waals surface area contributed by atoms with E-state index in [9.17, 15) is 0 Å². The SMILES string of the molecule is CC=Cc1ccc(N(c2ccc(-c3ccc(-n4ccc5ccccc54)cc3)cc2)c2ccc3c(c2)C(C)(C)c2ccccc2-3)cc1. The predicted octanol–water partition coefficient (Wildman–Crippen LogP) is 12.1. The van der Waals surface area contributed by atoms with E-state index in [1.165, 1.54) is 49.8 Å². The first-order chi connectivity index (χ1) is 22.5. The molecule has 222 valence electrons. The van der Waals surface area contributed by atoms with Crippen molar-refractivity contribution in [2.75, 3.05) is 4.90 Å². The molecule has 2 heteroatoms. The molecular formula is C44H36N2. The van der Waals surface area contributed by atoms with Crippen molar-refractivity contribution < 1.29 is 0 Å². The normalized spacial score (nSPS) is 13.2. The second-order valence-corrected chi connectivity index (χ2v) is 12.7. The molecule has 0 fully saturated rings. The topological polar surface area (TPSA) is 8.17 Å². The maximum Gasteiger partial charge on any atom is 0.0528 e. The van der Waals surface area contributed by atoms with Crippen LogP contribution in [0, 0.1) is 0 Å². The van der Waals surface area contributed by atoms with Gasteiger partial charge < -0.3 is 9.47 Å². The Kier molecular flexibility index (Phi) is 6.73.